The molecule has 25 heavy (non-hydrogen) atoms. The van der Waals surface area contributed by atoms with Gasteiger partial charge in [0.05, 0.1) is 23.1 Å². The number of thiocarbonyl (C=S) groups is 1. The number of benzene rings is 1. The fraction of sp³-hybridized carbons (Fsp3) is 0.312. The molecule has 1 aliphatic rings. The summed E-state index contributed by atoms with van der Waals surface area (Å²) in [7, 11) is 0. The first-order chi connectivity index (χ1) is 11.8. The van der Waals surface area contributed by atoms with Crippen LogP contribution in [0.5, 0.6) is 0 Å². The maximum atomic E-state index is 12.5. The fourth-order valence-corrected chi connectivity index (χ4v) is 3.05. The number of rotatable bonds is 4. The van der Waals surface area contributed by atoms with Crippen LogP contribution in [0.15, 0.2) is 35.5 Å². The molecule has 0 aromatic heterocycles. The van der Waals surface area contributed by atoms with Crippen molar-refractivity contribution in [2.75, 3.05) is 6.61 Å². The minimum Gasteiger partial charge on any atom is -0.463 e. The van der Waals surface area contributed by atoms with Crippen molar-refractivity contribution in [3.63, 3.8) is 0 Å². The van der Waals surface area contributed by atoms with E-state index in [-0.39, 0.29) is 23.0 Å². The third kappa shape index (κ3) is 3.66. The van der Waals surface area contributed by atoms with Crippen LogP contribution in [0.3, 0.4) is 0 Å². The van der Waals surface area contributed by atoms with Gasteiger partial charge in [0.25, 0.3) is 5.69 Å². The van der Waals surface area contributed by atoms with Crippen molar-refractivity contribution in [2.24, 2.45) is 0 Å². The molecule has 1 heterocycles. The lowest BCUT2D eigenvalue weighted by atomic mass is 9.93. The Bertz CT molecular complexity index is 790. The Labute approximate surface area is 149 Å². The summed E-state index contributed by atoms with van der Waals surface area (Å²) in [6, 6.07) is 4.86. The van der Waals surface area contributed by atoms with Gasteiger partial charge in [-0.25, -0.2) is 4.79 Å². The zero-order chi connectivity index (χ0) is 18.7. The lowest BCUT2D eigenvalue weighted by Crippen LogP contribution is -2.50. The van der Waals surface area contributed by atoms with Gasteiger partial charge in [-0.15, -0.1) is 0 Å². The zero-order valence-corrected chi connectivity index (χ0v) is 14.8. The Hall–Kier alpha value is -2.81. The van der Waals surface area contributed by atoms with E-state index in [9.17, 15) is 19.7 Å². The van der Waals surface area contributed by atoms with E-state index >= 15 is 0 Å². The lowest BCUT2D eigenvalue weighted by molar-refractivity contribution is -0.384. The van der Waals surface area contributed by atoms with Crippen LogP contribution in [0.1, 0.15) is 32.4 Å². The van der Waals surface area contributed by atoms with Gasteiger partial charge in [-0.3, -0.25) is 19.8 Å². The minimum absolute atomic E-state index is 0.120. The molecule has 0 fully saturated rings. The highest BCUT2D eigenvalue weighted by Gasteiger charge is 2.39. The summed E-state index contributed by atoms with van der Waals surface area (Å²) >= 11 is 5.22. The van der Waals surface area contributed by atoms with Crippen molar-refractivity contribution in [2.45, 2.75) is 26.8 Å². The van der Waals surface area contributed by atoms with E-state index in [2.05, 4.69) is 5.32 Å². The number of carbonyl (C=O) groups is 2. The van der Waals surface area contributed by atoms with Crippen molar-refractivity contribution in [1.29, 1.82) is 0 Å². The molecule has 1 aromatic carbocycles. The molecule has 1 amide bonds. The van der Waals surface area contributed by atoms with Gasteiger partial charge in [-0.05, 0) is 31.6 Å². The summed E-state index contributed by atoms with van der Waals surface area (Å²) in [5.41, 5.74) is 0.880. The third-order valence-corrected chi connectivity index (χ3v) is 3.98. The van der Waals surface area contributed by atoms with Crippen molar-refractivity contribution < 1.29 is 19.2 Å². The van der Waals surface area contributed by atoms with E-state index in [1.165, 1.54) is 30.0 Å². The lowest BCUT2D eigenvalue weighted by Gasteiger charge is -2.37. The normalized spacial score (nSPS) is 17.2. The number of non-ortho nitro benzene ring substituents is 1. The summed E-state index contributed by atoms with van der Waals surface area (Å²) in [5.74, 6) is -1.01. The van der Waals surface area contributed by atoms with Crippen LogP contribution in [0, 0.1) is 10.1 Å². The number of hydrogen-bond donors (Lipinski definition) is 1. The molecule has 1 aliphatic heterocycles. The molecule has 0 bridgehead atoms. The molecule has 2 rings (SSSR count). The van der Waals surface area contributed by atoms with Gasteiger partial charge in [-0.1, -0.05) is 12.1 Å². The van der Waals surface area contributed by atoms with Gasteiger partial charge >= 0.3 is 5.97 Å². The molecular formula is C16H17N3O5S. The Balaban J connectivity index is 2.67. The molecule has 8 nitrogen and oxygen atoms in total. The summed E-state index contributed by atoms with van der Waals surface area (Å²) in [6.07, 6.45) is 0. The number of ether oxygens (including phenoxy) is 1. The summed E-state index contributed by atoms with van der Waals surface area (Å²) in [4.78, 5) is 36.3. The highest BCUT2D eigenvalue weighted by Crippen LogP contribution is 2.35. The maximum absolute atomic E-state index is 12.5. The molecule has 9 heteroatoms. The Morgan fingerprint density at radius 1 is 1.44 bits per heavy atom. The van der Waals surface area contributed by atoms with Crippen LogP contribution in [0.25, 0.3) is 0 Å². The number of allylic oxidation sites excluding steroid dienone is 1. The first-order valence-corrected chi connectivity index (χ1v) is 7.91. The molecule has 0 unspecified atom stereocenters. The number of hydrogen-bond acceptors (Lipinski definition) is 6. The molecular weight excluding hydrogens is 346 g/mol. The van der Waals surface area contributed by atoms with Crippen molar-refractivity contribution in [3.8, 4) is 0 Å². The number of nitrogens with one attached hydrogen (secondary N) is 1. The maximum Gasteiger partial charge on any atom is 0.338 e. The smallest absolute Gasteiger partial charge is 0.338 e. The van der Waals surface area contributed by atoms with E-state index in [1.807, 2.05) is 0 Å². The summed E-state index contributed by atoms with van der Waals surface area (Å²) in [5, 5.41) is 14.0. The van der Waals surface area contributed by atoms with Gasteiger partial charge in [0.15, 0.2) is 5.11 Å². The first-order valence-electron chi connectivity index (χ1n) is 7.51. The molecule has 0 saturated carbocycles. The van der Waals surface area contributed by atoms with Crippen molar-refractivity contribution in [1.82, 2.24) is 10.2 Å². The standard InChI is InChI=1S/C16H17N3O5S/c1-4-24-15(21)13-9(2)17-16(25)18(10(3)20)14(13)11-6-5-7-12(8-11)19(22)23/h5-8,14H,4H2,1-3H3,(H,17,25)/t14-/m1/s1. The van der Waals surface area contributed by atoms with Crippen LogP contribution in [-0.4, -0.2) is 33.4 Å². The molecule has 132 valence electrons. The number of carbonyl (C=O) groups excluding carboxylic acids is 2. The monoisotopic (exact) mass is 363 g/mol. The average molecular weight is 363 g/mol. The minimum atomic E-state index is -0.898. The largest absolute Gasteiger partial charge is 0.463 e. The predicted molar refractivity (Wildman–Crippen MR) is 93.4 cm³/mol. The Kier molecular flexibility index (Phi) is 5.48. The summed E-state index contributed by atoms with van der Waals surface area (Å²) < 4.78 is 5.09. The number of nitro benzene ring substituents is 1. The Morgan fingerprint density at radius 2 is 2.12 bits per heavy atom. The van der Waals surface area contributed by atoms with E-state index in [0.29, 0.717) is 11.3 Å². The number of nitrogens with zero attached hydrogens (tertiary/aromatic N) is 2. The van der Waals surface area contributed by atoms with Crippen molar-refractivity contribution >= 4 is 34.9 Å². The van der Waals surface area contributed by atoms with Gasteiger partial charge in [0.2, 0.25) is 5.91 Å². The van der Waals surface area contributed by atoms with E-state index in [0.717, 1.165) is 0 Å². The molecule has 0 spiro atoms. The molecule has 1 N–H and O–H groups in total. The van der Waals surface area contributed by atoms with Gasteiger partial charge in [-0.2, -0.15) is 0 Å². The van der Waals surface area contributed by atoms with Crippen LogP contribution < -0.4 is 5.32 Å². The van der Waals surface area contributed by atoms with Gasteiger partial charge < -0.3 is 10.1 Å². The molecule has 1 aromatic rings. The fourth-order valence-electron chi connectivity index (χ4n) is 2.66. The van der Waals surface area contributed by atoms with E-state index in [4.69, 9.17) is 17.0 Å². The second-order valence-electron chi connectivity index (χ2n) is 5.33. The highest BCUT2D eigenvalue weighted by molar-refractivity contribution is 7.80. The number of amides is 1. The molecule has 1 atom stereocenters. The number of nitro groups is 1. The quantitative estimate of drug-likeness (QED) is 0.379. The second-order valence-corrected chi connectivity index (χ2v) is 5.72. The van der Waals surface area contributed by atoms with E-state index < -0.39 is 22.8 Å². The predicted octanol–water partition coefficient (Wildman–Crippen LogP) is 2.21. The SMILES string of the molecule is CCOC(=O)C1=C(C)NC(=S)N(C(C)=O)[C@@H]1c1cccc([N+](=O)[O-])c1. The van der Waals surface area contributed by atoms with Gasteiger partial charge in [0.1, 0.15) is 0 Å². The van der Waals surface area contributed by atoms with Gasteiger partial charge in [0, 0.05) is 24.8 Å². The van der Waals surface area contributed by atoms with Crippen molar-refractivity contribution in [3.05, 3.63) is 51.2 Å². The number of esters is 1. The topological polar surface area (TPSA) is 102 Å². The average Bonchev–Trinajstić information content (AvgIpc) is 2.53. The summed E-state index contributed by atoms with van der Waals surface area (Å²) in [6.45, 7) is 4.77. The molecule has 0 radical (unpaired) electrons. The second kappa shape index (κ2) is 7.39. The van der Waals surface area contributed by atoms with E-state index in [1.54, 1.807) is 19.9 Å². The molecule has 0 aliphatic carbocycles. The molecule has 0 saturated heterocycles. The van der Waals surface area contributed by atoms with Crippen LogP contribution in [0.2, 0.25) is 0 Å². The third-order valence-electron chi connectivity index (χ3n) is 3.68. The van der Waals surface area contributed by atoms with Crippen LogP contribution in [0.4, 0.5) is 5.69 Å². The zero-order valence-electron chi connectivity index (χ0n) is 13.9. The van der Waals surface area contributed by atoms with Crippen LogP contribution in [-0.2, 0) is 14.3 Å². The Morgan fingerprint density at radius 3 is 2.68 bits per heavy atom. The highest BCUT2D eigenvalue weighted by atomic mass is 32.1. The van der Waals surface area contributed by atoms with Crippen LogP contribution >= 0.6 is 12.2 Å². The first kappa shape index (κ1) is 18.5.